The van der Waals surface area contributed by atoms with E-state index in [0.717, 1.165) is 33.8 Å². The zero-order valence-corrected chi connectivity index (χ0v) is 12.4. The molecule has 20 heavy (non-hydrogen) atoms. The lowest BCUT2D eigenvalue weighted by Crippen LogP contribution is -1.97. The predicted molar refractivity (Wildman–Crippen MR) is 82.2 cm³/mol. The van der Waals surface area contributed by atoms with Crippen LogP contribution in [0.1, 0.15) is 36.6 Å². The second-order valence-corrected chi connectivity index (χ2v) is 5.44. The van der Waals surface area contributed by atoms with Crippen LogP contribution in [0.2, 0.25) is 5.02 Å². The molecule has 2 aromatic rings. The second kappa shape index (κ2) is 5.63. The van der Waals surface area contributed by atoms with Crippen LogP contribution in [-0.2, 0) is 4.79 Å². The number of hydrogen-bond acceptors (Lipinski definition) is 2. The molecule has 1 aromatic carbocycles. The van der Waals surface area contributed by atoms with Gasteiger partial charge in [-0.3, -0.25) is 4.98 Å². The van der Waals surface area contributed by atoms with E-state index < -0.39 is 5.97 Å². The Hall–Kier alpha value is -1.87. The smallest absolute Gasteiger partial charge is 0.328 e. The van der Waals surface area contributed by atoms with Gasteiger partial charge in [0.25, 0.3) is 0 Å². The summed E-state index contributed by atoms with van der Waals surface area (Å²) in [6.45, 7) is 6.03. The van der Waals surface area contributed by atoms with Crippen molar-refractivity contribution in [3.05, 3.63) is 46.1 Å². The van der Waals surface area contributed by atoms with Gasteiger partial charge in [-0.15, -0.1) is 0 Å². The van der Waals surface area contributed by atoms with Crippen LogP contribution >= 0.6 is 11.6 Å². The molecule has 0 saturated carbocycles. The Kier molecular flexibility index (Phi) is 4.09. The fourth-order valence-electron chi connectivity index (χ4n) is 2.05. The molecule has 0 bridgehead atoms. The number of carbonyl (C=O) groups is 1. The Morgan fingerprint density at radius 2 is 2.10 bits per heavy atom. The fourth-order valence-corrected chi connectivity index (χ4v) is 2.20. The Labute approximate surface area is 122 Å². The van der Waals surface area contributed by atoms with E-state index >= 15 is 0 Å². The van der Waals surface area contributed by atoms with Gasteiger partial charge < -0.3 is 5.11 Å². The summed E-state index contributed by atoms with van der Waals surface area (Å²) in [5.74, 6) is -0.707. The van der Waals surface area contributed by atoms with Crippen molar-refractivity contribution < 1.29 is 9.90 Å². The van der Waals surface area contributed by atoms with Crippen LogP contribution in [-0.4, -0.2) is 16.1 Å². The molecule has 0 aliphatic rings. The van der Waals surface area contributed by atoms with E-state index in [-0.39, 0.29) is 5.92 Å². The van der Waals surface area contributed by atoms with Gasteiger partial charge in [-0.1, -0.05) is 31.5 Å². The van der Waals surface area contributed by atoms with Gasteiger partial charge >= 0.3 is 5.97 Å². The monoisotopic (exact) mass is 289 g/mol. The number of nitrogens with zero attached hydrogens (tertiary/aromatic N) is 1. The number of halogens is 1. The number of hydrogen-bond donors (Lipinski definition) is 1. The topological polar surface area (TPSA) is 50.2 Å². The molecule has 0 unspecified atom stereocenters. The quantitative estimate of drug-likeness (QED) is 0.851. The van der Waals surface area contributed by atoms with Gasteiger partial charge in [0.05, 0.1) is 5.52 Å². The highest BCUT2D eigenvalue weighted by atomic mass is 35.5. The van der Waals surface area contributed by atoms with E-state index in [1.807, 2.05) is 25.1 Å². The molecule has 104 valence electrons. The number of fused-ring (bicyclic) bond motifs is 1. The van der Waals surface area contributed by atoms with Gasteiger partial charge in [0.1, 0.15) is 0 Å². The Balaban J connectivity index is 2.77. The standard InChI is InChI=1S/C16H16ClNO2/c1-9(2)14-8-11(4-7-15(19)20)12-5-6-13(17)10(3)16(12)18-14/h4-9H,1-3H3,(H,19,20)/b7-4+. The minimum Gasteiger partial charge on any atom is -0.478 e. The summed E-state index contributed by atoms with van der Waals surface area (Å²) >= 11 is 6.15. The number of aromatic nitrogens is 1. The number of aliphatic carboxylic acids is 1. The minimum absolute atomic E-state index is 0.259. The van der Waals surface area contributed by atoms with E-state index in [1.165, 1.54) is 0 Å². The maximum atomic E-state index is 10.7. The average Bonchev–Trinajstić information content (AvgIpc) is 2.40. The van der Waals surface area contributed by atoms with E-state index in [1.54, 1.807) is 6.08 Å². The molecule has 2 rings (SSSR count). The molecule has 4 heteroatoms. The van der Waals surface area contributed by atoms with Gasteiger partial charge in [0.15, 0.2) is 0 Å². The largest absolute Gasteiger partial charge is 0.478 e. The van der Waals surface area contributed by atoms with Crippen LogP contribution in [0, 0.1) is 6.92 Å². The third-order valence-electron chi connectivity index (χ3n) is 3.22. The number of pyridine rings is 1. The summed E-state index contributed by atoms with van der Waals surface area (Å²) in [6, 6.07) is 5.62. The molecule has 3 nitrogen and oxygen atoms in total. The molecule has 1 N–H and O–H groups in total. The van der Waals surface area contributed by atoms with Crippen LogP contribution in [0.3, 0.4) is 0 Å². The SMILES string of the molecule is Cc1c(Cl)ccc2c(/C=C/C(=O)O)cc(C(C)C)nc12. The van der Waals surface area contributed by atoms with Crippen molar-refractivity contribution in [3.8, 4) is 0 Å². The van der Waals surface area contributed by atoms with Gasteiger partial charge in [-0.05, 0) is 42.2 Å². The predicted octanol–water partition coefficient (Wildman–Crippen LogP) is 4.42. The van der Waals surface area contributed by atoms with Gasteiger partial charge in [0.2, 0.25) is 0 Å². The average molecular weight is 290 g/mol. The minimum atomic E-state index is -0.966. The molecule has 0 spiro atoms. The highest BCUT2D eigenvalue weighted by Gasteiger charge is 2.10. The lowest BCUT2D eigenvalue weighted by molar-refractivity contribution is -0.131. The molecule has 0 fully saturated rings. The molecule has 0 aliphatic carbocycles. The Bertz CT molecular complexity index is 705. The summed E-state index contributed by atoms with van der Waals surface area (Å²) in [5, 5.41) is 10.4. The zero-order valence-electron chi connectivity index (χ0n) is 11.6. The first-order valence-corrected chi connectivity index (χ1v) is 6.78. The highest BCUT2D eigenvalue weighted by Crippen LogP contribution is 2.29. The van der Waals surface area contributed by atoms with Crippen LogP contribution in [0.5, 0.6) is 0 Å². The summed E-state index contributed by atoms with van der Waals surface area (Å²) in [4.78, 5) is 15.4. The summed E-state index contributed by atoms with van der Waals surface area (Å²) in [5.41, 5.74) is 3.51. The van der Waals surface area contributed by atoms with E-state index in [2.05, 4.69) is 18.8 Å². The first-order chi connectivity index (χ1) is 9.40. The molecule has 0 atom stereocenters. The highest BCUT2D eigenvalue weighted by molar-refractivity contribution is 6.32. The fraction of sp³-hybridized carbons (Fsp3) is 0.250. The van der Waals surface area contributed by atoms with Crippen molar-refractivity contribution in [2.75, 3.05) is 0 Å². The number of benzene rings is 1. The summed E-state index contributed by atoms with van der Waals surface area (Å²) < 4.78 is 0. The first-order valence-electron chi connectivity index (χ1n) is 6.41. The van der Waals surface area contributed by atoms with Crippen molar-refractivity contribution in [2.45, 2.75) is 26.7 Å². The van der Waals surface area contributed by atoms with E-state index in [4.69, 9.17) is 16.7 Å². The number of aryl methyl sites for hydroxylation is 1. The maximum Gasteiger partial charge on any atom is 0.328 e. The lowest BCUT2D eigenvalue weighted by atomic mass is 10.0. The van der Waals surface area contributed by atoms with Crippen molar-refractivity contribution in [1.82, 2.24) is 4.98 Å². The second-order valence-electron chi connectivity index (χ2n) is 5.03. The molecule has 0 radical (unpaired) electrons. The number of rotatable bonds is 3. The maximum absolute atomic E-state index is 10.7. The zero-order chi connectivity index (χ0) is 14.9. The molecular weight excluding hydrogens is 274 g/mol. The van der Waals surface area contributed by atoms with Crippen LogP contribution in [0.15, 0.2) is 24.3 Å². The molecule has 1 aromatic heterocycles. The summed E-state index contributed by atoms with van der Waals surface area (Å²) in [7, 11) is 0. The van der Waals surface area contributed by atoms with E-state index in [9.17, 15) is 4.79 Å². The molecule has 1 heterocycles. The van der Waals surface area contributed by atoms with Gasteiger partial charge in [0, 0.05) is 22.2 Å². The van der Waals surface area contributed by atoms with Crippen molar-refractivity contribution in [3.63, 3.8) is 0 Å². The summed E-state index contributed by atoms with van der Waals surface area (Å²) in [6.07, 6.45) is 2.74. The van der Waals surface area contributed by atoms with Gasteiger partial charge in [-0.2, -0.15) is 0 Å². The van der Waals surface area contributed by atoms with Gasteiger partial charge in [-0.25, -0.2) is 4.79 Å². The number of carboxylic acids is 1. The normalized spacial score (nSPS) is 11.7. The van der Waals surface area contributed by atoms with Crippen LogP contribution in [0.25, 0.3) is 17.0 Å². The first kappa shape index (κ1) is 14.5. The lowest BCUT2D eigenvalue weighted by Gasteiger charge is -2.12. The van der Waals surface area contributed by atoms with E-state index in [0.29, 0.717) is 5.02 Å². The molecule has 0 amide bonds. The van der Waals surface area contributed by atoms with Crippen LogP contribution in [0.4, 0.5) is 0 Å². The van der Waals surface area contributed by atoms with Crippen LogP contribution < -0.4 is 0 Å². The molecule has 0 aliphatic heterocycles. The van der Waals surface area contributed by atoms with Crippen molar-refractivity contribution >= 4 is 34.5 Å². The Morgan fingerprint density at radius 1 is 1.40 bits per heavy atom. The third kappa shape index (κ3) is 2.83. The number of carboxylic acid groups (broad SMARTS) is 1. The molecular formula is C16H16ClNO2. The Morgan fingerprint density at radius 3 is 2.70 bits per heavy atom. The molecule has 0 saturated heterocycles. The third-order valence-corrected chi connectivity index (χ3v) is 3.63. The van der Waals surface area contributed by atoms with Crippen molar-refractivity contribution in [2.24, 2.45) is 0 Å². The van der Waals surface area contributed by atoms with Crippen molar-refractivity contribution in [1.29, 1.82) is 0 Å².